The van der Waals surface area contributed by atoms with Gasteiger partial charge in [0, 0.05) is 16.5 Å². The maximum absolute atomic E-state index is 11.9. The number of carbonyl (C=O) groups is 2. The van der Waals surface area contributed by atoms with E-state index in [1.165, 1.54) is 11.3 Å². The van der Waals surface area contributed by atoms with E-state index in [1.807, 2.05) is 41.8 Å². The molecule has 6 heteroatoms. The van der Waals surface area contributed by atoms with Crippen molar-refractivity contribution in [3.63, 3.8) is 0 Å². The lowest BCUT2D eigenvalue weighted by Gasteiger charge is -2.05. The van der Waals surface area contributed by atoms with Crippen molar-refractivity contribution >= 4 is 23.2 Å². The van der Waals surface area contributed by atoms with Crippen molar-refractivity contribution < 1.29 is 14.3 Å². The minimum atomic E-state index is -0.501. The number of aromatic nitrogens is 1. The standard InChI is InChI=1S/C19H16N2O3S/c22-17(11-20-18(23)14-7-3-1-4-8-14)24-12-16-13-25-19(21-16)15-9-5-2-6-10-15/h1-10,13H,11-12H2,(H,20,23). The van der Waals surface area contributed by atoms with Gasteiger partial charge in [0.05, 0.1) is 5.69 Å². The van der Waals surface area contributed by atoms with Crippen molar-refractivity contribution in [3.05, 3.63) is 77.3 Å². The van der Waals surface area contributed by atoms with Gasteiger partial charge in [-0.25, -0.2) is 4.98 Å². The topological polar surface area (TPSA) is 68.3 Å². The maximum atomic E-state index is 11.9. The molecule has 0 saturated carbocycles. The van der Waals surface area contributed by atoms with Gasteiger partial charge in [0.2, 0.25) is 0 Å². The Morgan fingerprint density at radius 2 is 1.68 bits per heavy atom. The van der Waals surface area contributed by atoms with Crippen LogP contribution in [0.2, 0.25) is 0 Å². The zero-order valence-electron chi connectivity index (χ0n) is 13.3. The van der Waals surface area contributed by atoms with Crippen molar-refractivity contribution in [2.45, 2.75) is 6.61 Å². The second kappa shape index (κ2) is 8.21. The summed E-state index contributed by atoms with van der Waals surface area (Å²) in [4.78, 5) is 28.1. The predicted molar refractivity (Wildman–Crippen MR) is 96.1 cm³/mol. The lowest BCUT2D eigenvalue weighted by atomic mass is 10.2. The highest BCUT2D eigenvalue weighted by Gasteiger charge is 2.10. The van der Waals surface area contributed by atoms with E-state index in [4.69, 9.17) is 4.74 Å². The number of ether oxygens (including phenoxy) is 1. The van der Waals surface area contributed by atoms with Crippen LogP contribution in [0.5, 0.6) is 0 Å². The highest BCUT2D eigenvalue weighted by Crippen LogP contribution is 2.23. The number of amides is 1. The fourth-order valence-electron chi connectivity index (χ4n) is 2.14. The molecular formula is C19H16N2O3S. The number of benzene rings is 2. The molecule has 0 bridgehead atoms. The van der Waals surface area contributed by atoms with Crippen LogP contribution in [0.1, 0.15) is 16.1 Å². The Morgan fingerprint density at radius 3 is 2.40 bits per heavy atom. The molecule has 3 rings (SSSR count). The zero-order chi connectivity index (χ0) is 17.5. The highest BCUT2D eigenvalue weighted by atomic mass is 32.1. The molecule has 1 amide bonds. The SMILES string of the molecule is O=C(CNC(=O)c1ccccc1)OCc1csc(-c2ccccc2)n1. The largest absolute Gasteiger partial charge is 0.458 e. The molecule has 3 aromatic rings. The zero-order valence-corrected chi connectivity index (χ0v) is 14.2. The summed E-state index contributed by atoms with van der Waals surface area (Å²) in [7, 11) is 0. The molecule has 2 aromatic carbocycles. The molecule has 0 aliphatic heterocycles. The molecule has 0 aliphatic carbocycles. The van der Waals surface area contributed by atoms with Crippen LogP contribution in [0.15, 0.2) is 66.0 Å². The molecule has 126 valence electrons. The van der Waals surface area contributed by atoms with E-state index >= 15 is 0 Å². The van der Waals surface area contributed by atoms with Gasteiger partial charge in [-0.1, -0.05) is 48.5 Å². The number of nitrogens with one attached hydrogen (secondary N) is 1. The second-order valence-corrected chi connectivity index (χ2v) is 6.08. The summed E-state index contributed by atoms with van der Waals surface area (Å²) in [6.45, 7) is -0.0905. The van der Waals surface area contributed by atoms with E-state index in [9.17, 15) is 9.59 Å². The van der Waals surface area contributed by atoms with Crippen LogP contribution in [0.3, 0.4) is 0 Å². The third-order valence-electron chi connectivity index (χ3n) is 3.38. The summed E-state index contributed by atoms with van der Waals surface area (Å²) in [6.07, 6.45) is 0. The van der Waals surface area contributed by atoms with Gasteiger partial charge >= 0.3 is 5.97 Å². The number of thiazole rings is 1. The Labute approximate surface area is 149 Å². The van der Waals surface area contributed by atoms with Crippen LogP contribution < -0.4 is 5.32 Å². The van der Waals surface area contributed by atoms with Crippen LogP contribution >= 0.6 is 11.3 Å². The third-order valence-corrected chi connectivity index (χ3v) is 4.32. The molecule has 5 nitrogen and oxygen atoms in total. The quantitative estimate of drug-likeness (QED) is 0.691. The first-order valence-corrected chi connectivity index (χ1v) is 8.59. The highest BCUT2D eigenvalue weighted by molar-refractivity contribution is 7.13. The number of esters is 1. The van der Waals surface area contributed by atoms with Gasteiger partial charge in [0.1, 0.15) is 18.2 Å². The minimum absolute atomic E-state index is 0.0867. The van der Waals surface area contributed by atoms with Crippen molar-refractivity contribution in [3.8, 4) is 10.6 Å². The third kappa shape index (κ3) is 4.74. The molecular weight excluding hydrogens is 336 g/mol. The van der Waals surface area contributed by atoms with E-state index in [2.05, 4.69) is 10.3 Å². The second-order valence-electron chi connectivity index (χ2n) is 5.22. The monoisotopic (exact) mass is 352 g/mol. The Morgan fingerprint density at radius 1 is 1.00 bits per heavy atom. The average Bonchev–Trinajstić information content (AvgIpc) is 3.15. The van der Waals surface area contributed by atoms with Gasteiger partial charge in [-0.05, 0) is 12.1 Å². The molecule has 0 unspecified atom stereocenters. The van der Waals surface area contributed by atoms with Crippen LogP contribution in [0.25, 0.3) is 10.6 Å². The van der Waals surface area contributed by atoms with Crippen LogP contribution in [-0.4, -0.2) is 23.4 Å². The number of nitrogens with zero attached hydrogens (tertiary/aromatic N) is 1. The fraction of sp³-hybridized carbons (Fsp3) is 0.105. The van der Waals surface area contributed by atoms with Crippen LogP contribution in [0, 0.1) is 0 Å². The van der Waals surface area contributed by atoms with E-state index in [-0.39, 0.29) is 19.1 Å². The van der Waals surface area contributed by atoms with Gasteiger partial charge in [-0.3, -0.25) is 9.59 Å². The summed E-state index contributed by atoms with van der Waals surface area (Å²) in [5, 5.41) is 5.27. The van der Waals surface area contributed by atoms with E-state index in [0.29, 0.717) is 11.3 Å². The normalized spacial score (nSPS) is 10.2. The molecule has 1 heterocycles. The maximum Gasteiger partial charge on any atom is 0.325 e. The van der Waals surface area contributed by atoms with Gasteiger partial charge in [0.25, 0.3) is 5.91 Å². The van der Waals surface area contributed by atoms with E-state index in [1.54, 1.807) is 24.3 Å². The smallest absolute Gasteiger partial charge is 0.325 e. The summed E-state index contributed by atoms with van der Waals surface area (Å²) in [5.74, 6) is -0.809. The first-order valence-electron chi connectivity index (χ1n) is 7.71. The van der Waals surface area contributed by atoms with Crippen LogP contribution in [-0.2, 0) is 16.1 Å². The summed E-state index contributed by atoms with van der Waals surface area (Å²) >= 11 is 1.50. The lowest BCUT2D eigenvalue weighted by Crippen LogP contribution is -2.30. The van der Waals surface area contributed by atoms with Crippen molar-refractivity contribution in [1.82, 2.24) is 10.3 Å². The first kappa shape index (κ1) is 16.9. The molecule has 0 saturated heterocycles. The molecule has 1 N–H and O–H groups in total. The molecule has 0 aliphatic rings. The van der Waals surface area contributed by atoms with Gasteiger partial charge in [0.15, 0.2) is 0 Å². The fourth-order valence-corrected chi connectivity index (χ4v) is 2.95. The molecule has 0 fully saturated rings. The Kier molecular flexibility index (Phi) is 5.53. The summed E-state index contributed by atoms with van der Waals surface area (Å²) in [5.41, 5.74) is 2.22. The number of carbonyl (C=O) groups excluding carboxylic acids is 2. The molecule has 0 radical (unpaired) electrons. The minimum Gasteiger partial charge on any atom is -0.458 e. The van der Waals surface area contributed by atoms with Gasteiger partial charge in [-0.15, -0.1) is 11.3 Å². The van der Waals surface area contributed by atoms with Crippen molar-refractivity contribution in [2.75, 3.05) is 6.54 Å². The molecule has 0 spiro atoms. The predicted octanol–water partition coefficient (Wildman–Crippen LogP) is 3.28. The van der Waals surface area contributed by atoms with E-state index in [0.717, 1.165) is 10.6 Å². The molecule has 25 heavy (non-hydrogen) atoms. The van der Waals surface area contributed by atoms with E-state index < -0.39 is 5.97 Å². The molecule has 0 atom stereocenters. The Balaban J connectivity index is 1.47. The Bertz CT molecular complexity index is 847. The number of rotatable bonds is 6. The van der Waals surface area contributed by atoms with Gasteiger partial charge < -0.3 is 10.1 Å². The Hall–Kier alpha value is -2.99. The average molecular weight is 352 g/mol. The van der Waals surface area contributed by atoms with Crippen molar-refractivity contribution in [2.24, 2.45) is 0 Å². The number of hydrogen-bond acceptors (Lipinski definition) is 5. The van der Waals surface area contributed by atoms with Crippen LogP contribution in [0.4, 0.5) is 0 Å². The summed E-state index contributed by atoms with van der Waals surface area (Å²) in [6, 6.07) is 18.5. The van der Waals surface area contributed by atoms with Crippen molar-refractivity contribution in [1.29, 1.82) is 0 Å². The molecule has 1 aromatic heterocycles. The lowest BCUT2D eigenvalue weighted by molar-refractivity contribution is -0.143. The van der Waals surface area contributed by atoms with Gasteiger partial charge in [-0.2, -0.15) is 0 Å². The first-order chi connectivity index (χ1) is 12.2. The number of hydrogen-bond donors (Lipinski definition) is 1. The summed E-state index contributed by atoms with van der Waals surface area (Å²) < 4.78 is 5.15.